The molecule has 0 bridgehead atoms. The lowest BCUT2D eigenvalue weighted by Crippen LogP contribution is -2.36. The summed E-state index contributed by atoms with van der Waals surface area (Å²) in [5.41, 5.74) is 26.1. The molecule has 0 fully saturated rings. The largest absolute Gasteiger partial charge is 0.480 e. The van der Waals surface area contributed by atoms with E-state index in [1.54, 1.807) is 0 Å². The van der Waals surface area contributed by atoms with E-state index in [4.69, 9.17) is 53.6 Å². The van der Waals surface area contributed by atoms with E-state index in [-0.39, 0.29) is 31.7 Å². The van der Waals surface area contributed by atoms with Crippen LogP contribution >= 0.6 is 0 Å². The number of carbonyl (C=O) groups excluding carboxylic acids is 1. The molecule has 0 heterocycles. The molecule has 0 aliphatic heterocycles. The summed E-state index contributed by atoms with van der Waals surface area (Å²) in [6.45, 7) is 2.11. The summed E-state index contributed by atoms with van der Waals surface area (Å²) in [5.74, 6) is -2.28. The Kier molecular flexibility index (Phi) is 30.7. The van der Waals surface area contributed by atoms with Crippen LogP contribution in [0.15, 0.2) is 35.3 Å². The van der Waals surface area contributed by atoms with E-state index >= 15 is 0 Å². The van der Waals surface area contributed by atoms with E-state index in [2.05, 4.69) is 31.9 Å². The van der Waals surface area contributed by atoms with Crippen LogP contribution in [0, 0.1) is 0 Å². The smallest absolute Gasteiger partial charge is 0.320 e. The van der Waals surface area contributed by atoms with Gasteiger partial charge in [0.2, 0.25) is 5.91 Å². The number of guanidine groups is 1. The van der Waals surface area contributed by atoms with Gasteiger partial charge in [-0.3, -0.25) is 19.4 Å². The third-order valence-electron chi connectivity index (χ3n) is 4.09. The topological polar surface area (TPSA) is 315 Å². The van der Waals surface area contributed by atoms with Gasteiger partial charge >= 0.3 is 11.9 Å². The first kappa shape index (κ1) is 44.6. The lowest BCUT2D eigenvalue weighted by atomic mass is 10.1. The first-order valence-electron chi connectivity index (χ1n) is 12.5. The summed E-state index contributed by atoms with van der Waals surface area (Å²) >= 11 is 0. The molecular formula is C25H52N7O9+. The normalized spacial score (nSPS) is 11.3. The zero-order chi connectivity index (χ0) is 33.0. The second-order valence-corrected chi connectivity index (χ2v) is 9.40. The molecule has 1 rings (SSSR count). The molecule has 0 spiro atoms. The molecule has 0 aliphatic carbocycles. The van der Waals surface area contributed by atoms with E-state index in [0.29, 0.717) is 25.8 Å². The number of carboxylic acid groups (broad SMARTS) is 2. The number of nitrogens with zero attached hydrogens (tertiary/aromatic N) is 2. The van der Waals surface area contributed by atoms with Gasteiger partial charge in [0, 0.05) is 13.5 Å². The number of quaternary nitrogens is 1. The van der Waals surface area contributed by atoms with Crippen LogP contribution in [0.4, 0.5) is 0 Å². The number of amides is 1. The van der Waals surface area contributed by atoms with E-state index in [1.807, 2.05) is 30.3 Å². The van der Waals surface area contributed by atoms with E-state index in [9.17, 15) is 14.4 Å². The third kappa shape index (κ3) is 43.9. The average Bonchev–Trinajstić information content (AvgIpc) is 2.86. The molecular weight excluding hydrogens is 542 g/mol. The number of hydrogen-bond donors (Lipinski definition) is 11. The summed E-state index contributed by atoms with van der Waals surface area (Å²) in [6.07, 6.45) is 0.387. The number of aliphatic imine (C=N–C) groups is 1. The quantitative estimate of drug-likeness (QED) is 0.0487. The number of benzene rings is 1. The van der Waals surface area contributed by atoms with Crippen LogP contribution in [0.5, 0.6) is 0 Å². The van der Waals surface area contributed by atoms with Gasteiger partial charge in [0.05, 0.1) is 41.0 Å². The molecule has 16 nitrogen and oxygen atoms in total. The van der Waals surface area contributed by atoms with Crippen LogP contribution in [-0.2, 0) is 20.8 Å². The highest BCUT2D eigenvalue weighted by atomic mass is 16.4. The highest BCUT2D eigenvalue weighted by molar-refractivity contribution is 5.75. The fraction of sp³-hybridized carbons (Fsp3) is 0.600. The lowest BCUT2D eigenvalue weighted by Gasteiger charge is -2.21. The van der Waals surface area contributed by atoms with Gasteiger partial charge in [-0.2, -0.15) is 0 Å². The Balaban J connectivity index is -0.000000221. The lowest BCUT2D eigenvalue weighted by molar-refractivity contribution is -0.870. The number of aliphatic carboxylic acids is 2. The molecule has 0 saturated heterocycles. The highest BCUT2D eigenvalue weighted by Gasteiger charge is 2.11. The minimum absolute atomic E-state index is 0.0129. The van der Waals surface area contributed by atoms with Crippen molar-refractivity contribution in [2.24, 2.45) is 33.7 Å². The first-order chi connectivity index (χ1) is 18.8. The molecule has 1 aromatic carbocycles. The van der Waals surface area contributed by atoms with Crippen LogP contribution in [0.1, 0.15) is 25.3 Å². The average molecular weight is 595 g/mol. The van der Waals surface area contributed by atoms with E-state index in [0.717, 1.165) is 16.6 Å². The second kappa shape index (κ2) is 28.2. The number of primary amides is 1. The van der Waals surface area contributed by atoms with Crippen LogP contribution in [-0.4, -0.2) is 131 Å². The van der Waals surface area contributed by atoms with Crippen LogP contribution in [0.3, 0.4) is 0 Å². The van der Waals surface area contributed by atoms with Crippen molar-refractivity contribution in [1.29, 1.82) is 0 Å². The number of aliphatic hydroxyl groups is 4. The molecule has 1 amide bonds. The van der Waals surface area contributed by atoms with Crippen molar-refractivity contribution in [3.8, 4) is 0 Å². The van der Waals surface area contributed by atoms with Crippen molar-refractivity contribution in [3.05, 3.63) is 35.9 Å². The minimum Gasteiger partial charge on any atom is -0.480 e. The molecule has 2 atom stereocenters. The highest BCUT2D eigenvalue weighted by Crippen LogP contribution is 2.01. The van der Waals surface area contributed by atoms with Gasteiger partial charge in [-0.1, -0.05) is 30.3 Å². The number of rotatable bonds is 12. The van der Waals surface area contributed by atoms with Crippen LogP contribution in [0.25, 0.3) is 0 Å². The van der Waals surface area contributed by atoms with E-state index in [1.165, 1.54) is 6.92 Å². The van der Waals surface area contributed by atoms with Gasteiger partial charge in [-0.25, -0.2) is 0 Å². The molecule has 0 saturated carbocycles. The maximum absolute atomic E-state index is 10.4. The second-order valence-electron chi connectivity index (χ2n) is 9.40. The van der Waals surface area contributed by atoms with Crippen LogP contribution in [0.2, 0.25) is 0 Å². The Morgan fingerprint density at radius 1 is 0.878 bits per heavy atom. The number of likely N-dealkylation sites (N-methyl/N-ethyl adjacent to an activating group) is 1. The Morgan fingerprint density at radius 2 is 1.32 bits per heavy atom. The molecule has 240 valence electrons. The molecule has 0 aliphatic rings. The zero-order valence-corrected chi connectivity index (χ0v) is 24.5. The Labute approximate surface area is 241 Å². The van der Waals surface area contributed by atoms with Gasteiger partial charge in [-0.05, 0) is 24.8 Å². The van der Waals surface area contributed by atoms with Gasteiger partial charge in [0.25, 0.3) is 0 Å². The summed E-state index contributed by atoms with van der Waals surface area (Å²) in [6, 6.07) is 7.72. The van der Waals surface area contributed by atoms with Gasteiger partial charge in [0.1, 0.15) is 24.7 Å². The molecule has 16 heteroatoms. The molecule has 0 aromatic heterocycles. The third-order valence-corrected chi connectivity index (χ3v) is 4.09. The summed E-state index contributed by atoms with van der Waals surface area (Å²) in [5, 5.41) is 49.3. The molecule has 41 heavy (non-hydrogen) atoms. The van der Waals surface area contributed by atoms with Gasteiger partial charge < -0.3 is 63.8 Å². The molecule has 2 unspecified atom stereocenters. The Hall–Kier alpha value is -3.38. The number of aliphatic hydroxyl groups excluding tert-OH is 4. The fourth-order valence-corrected chi connectivity index (χ4v) is 1.96. The minimum atomic E-state index is -1.00. The SMILES string of the molecule is CC(N)=O.C[N+](C)(C)CCO.NC(Cc1ccccc1)C(=O)O.NC(N)=NCCCC(N)C(=O)O.OCC(O)CO. The molecule has 16 N–H and O–H groups in total. The standard InChI is InChI=1S/C9H11NO2.C6H14N4O2.C5H14NO.C3H8O3.C2H5NO/c10-8(9(11)12)6-7-4-2-1-3-5-7;7-4(5(11)12)2-1-3-10-6(8)9;1-6(2,3)4-5-7;4-1-3(6)2-5;1-2(3)4/h1-5,8H,6,10H2,(H,11,12);4H,1-3,7H2,(H,11,12)(H4,8,9,10);7H,4-5H2,1-3H3;3-6H,1-2H2;1H3,(H2,3,4)/q;;+1;;. The zero-order valence-electron chi connectivity index (χ0n) is 24.5. The predicted octanol–water partition coefficient (Wildman–Crippen LogP) is -3.40. The van der Waals surface area contributed by atoms with Crippen molar-refractivity contribution in [2.45, 2.75) is 44.4 Å². The van der Waals surface area contributed by atoms with E-state index < -0.39 is 30.1 Å². The Morgan fingerprint density at radius 3 is 1.59 bits per heavy atom. The summed E-state index contributed by atoms with van der Waals surface area (Å²) in [7, 11) is 6.16. The van der Waals surface area contributed by atoms with Gasteiger partial charge in [-0.15, -0.1) is 0 Å². The summed E-state index contributed by atoms with van der Waals surface area (Å²) in [4.78, 5) is 33.5. The van der Waals surface area contributed by atoms with Crippen molar-refractivity contribution < 1.29 is 49.5 Å². The fourth-order valence-electron chi connectivity index (χ4n) is 1.96. The number of hydrogen-bond acceptors (Lipinski definition) is 10. The number of carbonyl (C=O) groups is 3. The summed E-state index contributed by atoms with van der Waals surface area (Å²) < 4.78 is 0.844. The van der Waals surface area contributed by atoms with Crippen LogP contribution < -0.4 is 28.7 Å². The maximum Gasteiger partial charge on any atom is 0.320 e. The van der Waals surface area contributed by atoms with Crippen molar-refractivity contribution in [3.63, 3.8) is 0 Å². The first-order valence-corrected chi connectivity index (χ1v) is 12.5. The number of carboxylic acids is 2. The monoisotopic (exact) mass is 594 g/mol. The Bertz CT molecular complexity index is 811. The van der Waals surface area contributed by atoms with Crippen molar-refractivity contribution in [1.82, 2.24) is 0 Å². The number of nitrogens with two attached hydrogens (primary N) is 5. The molecule has 1 aromatic rings. The van der Waals surface area contributed by atoms with Crippen molar-refractivity contribution >= 4 is 23.8 Å². The van der Waals surface area contributed by atoms with Gasteiger partial charge in [0.15, 0.2) is 5.96 Å². The van der Waals surface area contributed by atoms with Crippen molar-refractivity contribution in [2.75, 3.05) is 54.1 Å². The maximum atomic E-state index is 10.4. The predicted molar refractivity (Wildman–Crippen MR) is 156 cm³/mol. The molecule has 0 radical (unpaired) electrons.